The molecule has 138 valence electrons. The van der Waals surface area contributed by atoms with E-state index >= 15 is 0 Å². The molecule has 0 fully saturated rings. The minimum Gasteiger partial charge on any atom is -0.492 e. The van der Waals surface area contributed by atoms with E-state index in [2.05, 4.69) is 42.5 Å². The third-order valence-electron chi connectivity index (χ3n) is 3.09. The lowest BCUT2D eigenvalue weighted by molar-refractivity contribution is 0.108. The molecule has 1 aromatic rings. The van der Waals surface area contributed by atoms with Crippen molar-refractivity contribution in [2.24, 2.45) is 10.9 Å². The van der Waals surface area contributed by atoms with Crippen molar-refractivity contribution >= 4 is 29.9 Å². The van der Waals surface area contributed by atoms with Crippen LogP contribution in [0.2, 0.25) is 0 Å². The average molecular weight is 449 g/mol. The van der Waals surface area contributed by atoms with Gasteiger partial charge in [0.05, 0.1) is 6.54 Å². The number of nitrogens with one attached hydrogen (secondary N) is 2. The van der Waals surface area contributed by atoms with E-state index in [9.17, 15) is 0 Å². The molecule has 1 rings (SSSR count). The number of ether oxygens (including phenoxy) is 2. The van der Waals surface area contributed by atoms with Crippen LogP contribution in [0.5, 0.6) is 5.75 Å². The molecule has 0 aliphatic rings. The van der Waals surface area contributed by atoms with Gasteiger partial charge < -0.3 is 20.1 Å². The summed E-state index contributed by atoms with van der Waals surface area (Å²) in [4.78, 5) is 4.19. The molecule has 1 aromatic carbocycles. The summed E-state index contributed by atoms with van der Waals surface area (Å²) in [6, 6.07) is 8.06. The summed E-state index contributed by atoms with van der Waals surface area (Å²) < 4.78 is 11.2. The second kappa shape index (κ2) is 14.3. The molecule has 0 saturated carbocycles. The van der Waals surface area contributed by atoms with Gasteiger partial charge in [-0.3, -0.25) is 4.99 Å². The molecule has 2 N–H and O–H groups in total. The van der Waals surface area contributed by atoms with E-state index in [4.69, 9.17) is 9.47 Å². The maximum atomic E-state index is 5.70. The fourth-order valence-corrected chi connectivity index (χ4v) is 1.96. The first-order valence-corrected chi connectivity index (χ1v) is 8.33. The standard InChI is InChI=1S/C18H31N3O2.HI/c1-15(2)14-22-11-6-9-20-18(19-4)21-10-12-23-17-8-5-7-16(3)13-17;/h5,7-8,13,15H,6,9-12,14H2,1-4H3,(H2,19,20,21);1H. The summed E-state index contributed by atoms with van der Waals surface area (Å²) in [6.07, 6.45) is 0.965. The van der Waals surface area contributed by atoms with Gasteiger partial charge in [-0.25, -0.2) is 0 Å². The maximum Gasteiger partial charge on any atom is 0.191 e. The number of aliphatic imine (C=N–C) groups is 1. The van der Waals surface area contributed by atoms with Crippen molar-refractivity contribution in [3.63, 3.8) is 0 Å². The topological polar surface area (TPSA) is 54.9 Å². The van der Waals surface area contributed by atoms with E-state index in [1.54, 1.807) is 7.05 Å². The highest BCUT2D eigenvalue weighted by Crippen LogP contribution is 2.11. The van der Waals surface area contributed by atoms with Crippen molar-refractivity contribution in [2.75, 3.05) is 40.0 Å². The lowest BCUT2D eigenvalue weighted by Crippen LogP contribution is -2.39. The molecule has 0 atom stereocenters. The number of halogens is 1. The molecule has 0 aliphatic heterocycles. The molecule has 0 aliphatic carbocycles. The van der Waals surface area contributed by atoms with E-state index in [1.165, 1.54) is 5.56 Å². The van der Waals surface area contributed by atoms with E-state index in [-0.39, 0.29) is 24.0 Å². The van der Waals surface area contributed by atoms with E-state index < -0.39 is 0 Å². The van der Waals surface area contributed by atoms with Gasteiger partial charge in [0, 0.05) is 26.8 Å². The first-order valence-electron chi connectivity index (χ1n) is 8.33. The Morgan fingerprint density at radius 1 is 1.17 bits per heavy atom. The molecule has 0 saturated heterocycles. The number of nitrogens with zero attached hydrogens (tertiary/aromatic N) is 1. The number of hydrogen-bond acceptors (Lipinski definition) is 3. The van der Waals surface area contributed by atoms with E-state index in [0.29, 0.717) is 19.1 Å². The van der Waals surface area contributed by atoms with Crippen LogP contribution in [0.15, 0.2) is 29.3 Å². The van der Waals surface area contributed by atoms with Crippen molar-refractivity contribution in [1.29, 1.82) is 0 Å². The largest absolute Gasteiger partial charge is 0.492 e. The van der Waals surface area contributed by atoms with Crippen LogP contribution in [0.1, 0.15) is 25.8 Å². The minimum atomic E-state index is 0. The summed E-state index contributed by atoms with van der Waals surface area (Å²) >= 11 is 0. The van der Waals surface area contributed by atoms with Gasteiger partial charge in [-0.15, -0.1) is 24.0 Å². The van der Waals surface area contributed by atoms with E-state index in [0.717, 1.165) is 37.9 Å². The number of rotatable bonds is 10. The fraction of sp³-hybridized carbons (Fsp3) is 0.611. The number of aryl methyl sites for hydroxylation is 1. The third kappa shape index (κ3) is 11.5. The van der Waals surface area contributed by atoms with Crippen molar-refractivity contribution in [3.8, 4) is 5.75 Å². The molecule has 5 nitrogen and oxygen atoms in total. The van der Waals surface area contributed by atoms with Gasteiger partial charge >= 0.3 is 0 Å². The second-order valence-corrected chi connectivity index (χ2v) is 5.91. The fourth-order valence-electron chi connectivity index (χ4n) is 1.96. The quantitative estimate of drug-likeness (QED) is 0.249. The Labute approximate surface area is 163 Å². The molecular weight excluding hydrogens is 417 g/mol. The lowest BCUT2D eigenvalue weighted by atomic mass is 10.2. The third-order valence-corrected chi connectivity index (χ3v) is 3.09. The zero-order chi connectivity index (χ0) is 16.9. The molecule has 0 radical (unpaired) electrons. The van der Waals surface area contributed by atoms with Crippen molar-refractivity contribution < 1.29 is 9.47 Å². The molecule has 6 heteroatoms. The van der Waals surface area contributed by atoms with Gasteiger partial charge in [0.25, 0.3) is 0 Å². The summed E-state index contributed by atoms with van der Waals surface area (Å²) in [6.45, 7) is 10.1. The average Bonchev–Trinajstić information content (AvgIpc) is 2.52. The highest BCUT2D eigenvalue weighted by molar-refractivity contribution is 14.0. The Balaban J connectivity index is 0.00000529. The molecule has 0 unspecified atom stereocenters. The molecule has 0 amide bonds. The van der Waals surface area contributed by atoms with Crippen molar-refractivity contribution in [1.82, 2.24) is 10.6 Å². The zero-order valence-electron chi connectivity index (χ0n) is 15.3. The molecule has 0 heterocycles. The van der Waals surface area contributed by atoms with Gasteiger partial charge in [-0.05, 0) is 37.0 Å². The highest BCUT2D eigenvalue weighted by Gasteiger charge is 1.98. The zero-order valence-corrected chi connectivity index (χ0v) is 17.6. The van der Waals surface area contributed by atoms with Crippen molar-refractivity contribution in [2.45, 2.75) is 27.2 Å². The van der Waals surface area contributed by atoms with Crippen LogP contribution in [0.3, 0.4) is 0 Å². The van der Waals surface area contributed by atoms with Gasteiger partial charge in [-0.1, -0.05) is 26.0 Å². The van der Waals surface area contributed by atoms with Crippen LogP contribution in [-0.2, 0) is 4.74 Å². The van der Waals surface area contributed by atoms with E-state index in [1.807, 2.05) is 18.2 Å². The summed E-state index contributed by atoms with van der Waals surface area (Å²) in [5.74, 6) is 2.28. The van der Waals surface area contributed by atoms with Crippen LogP contribution < -0.4 is 15.4 Å². The Bertz CT molecular complexity index is 467. The predicted octanol–water partition coefficient (Wildman–Crippen LogP) is 3.22. The minimum absolute atomic E-state index is 0. The smallest absolute Gasteiger partial charge is 0.191 e. The van der Waals surface area contributed by atoms with Crippen molar-refractivity contribution in [3.05, 3.63) is 29.8 Å². The second-order valence-electron chi connectivity index (χ2n) is 5.91. The van der Waals surface area contributed by atoms with Gasteiger partial charge in [0.2, 0.25) is 0 Å². The van der Waals surface area contributed by atoms with Crippen LogP contribution >= 0.6 is 24.0 Å². The molecule has 24 heavy (non-hydrogen) atoms. The van der Waals surface area contributed by atoms with Crippen LogP contribution in [0.4, 0.5) is 0 Å². The lowest BCUT2D eigenvalue weighted by Gasteiger charge is -2.13. The molecule has 0 spiro atoms. The molecular formula is C18H32IN3O2. The Kier molecular flexibility index (Phi) is 13.7. The predicted molar refractivity (Wildman–Crippen MR) is 112 cm³/mol. The summed E-state index contributed by atoms with van der Waals surface area (Å²) in [7, 11) is 1.77. The monoisotopic (exact) mass is 449 g/mol. The number of guanidine groups is 1. The van der Waals surface area contributed by atoms with Gasteiger partial charge in [0.15, 0.2) is 5.96 Å². The summed E-state index contributed by atoms with van der Waals surface area (Å²) in [5, 5.41) is 6.51. The SMILES string of the molecule is CN=C(NCCCOCC(C)C)NCCOc1cccc(C)c1.I. The van der Waals surface area contributed by atoms with Gasteiger partial charge in [-0.2, -0.15) is 0 Å². The first kappa shape index (κ1) is 23.0. The Hall–Kier alpha value is -1.02. The number of benzene rings is 1. The first-order chi connectivity index (χ1) is 11.1. The normalized spacial score (nSPS) is 11.1. The van der Waals surface area contributed by atoms with Crippen LogP contribution in [0.25, 0.3) is 0 Å². The Morgan fingerprint density at radius 2 is 1.92 bits per heavy atom. The highest BCUT2D eigenvalue weighted by atomic mass is 127. The summed E-state index contributed by atoms with van der Waals surface area (Å²) in [5.41, 5.74) is 1.20. The molecule has 0 bridgehead atoms. The van der Waals surface area contributed by atoms with Crippen LogP contribution in [0, 0.1) is 12.8 Å². The van der Waals surface area contributed by atoms with Gasteiger partial charge in [0.1, 0.15) is 12.4 Å². The Morgan fingerprint density at radius 3 is 2.58 bits per heavy atom. The van der Waals surface area contributed by atoms with Crippen LogP contribution in [-0.4, -0.2) is 45.9 Å². The molecule has 0 aromatic heterocycles. The maximum absolute atomic E-state index is 5.70. The number of hydrogen-bond donors (Lipinski definition) is 2.